The molecular formula is C18H19ClF3N3O2. The molecule has 27 heavy (non-hydrogen) atoms. The van der Waals surface area contributed by atoms with Crippen LogP contribution in [0.5, 0.6) is 0 Å². The van der Waals surface area contributed by atoms with Crippen LogP contribution in [0.2, 0.25) is 5.02 Å². The fourth-order valence-corrected chi connectivity index (χ4v) is 2.78. The smallest absolute Gasteiger partial charge is 0.372 e. The third-order valence-corrected chi connectivity index (χ3v) is 4.03. The molecule has 1 aromatic carbocycles. The van der Waals surface area contributed by atoms with E-state index in [2.05, 4.69) is 16.8 Å². The summed E-state index contributed by atoms with van der Waals surface area (Å²) in [5.74, 6) is -0.173. The maximum absolute atomic E-state index is 12.7. The van der Waals surface area contributed by atoms with E-state index in [1.54, 1.807) is 17.3 Å². The molecular weight excluding hydrogens is 383 g/mol. The number of halogens is 4. The normalized spacial score (nSPS) is 16.6. The summed E-state index contributed by atoms with van der Waals surface area (Å²) in [5.41, 5.74) is -0.443. The zero-order valence-electron chi connectivity index (χ0n) is 14.4. The topological polar surface area (TPSA) is 58.2 Å². The maximum Gasteiger partial charge on any atom is 0.416 e. The van der Waals surface area contributed by atoms with Crippen LogP contribution in [0.4, 0.5) is 13.2 Å². The highest BCUT2D eigenvalue weighted by Gasteiger charge is 2.31. The molecule has 1 aliphatic heterocycles. The number of H-pyrrole nitrogens is 1. The molecule has 146 valence electrons. The molecule has 1 unspecified atom stereocenters. The van der Waals surface area contributed by atoms with E-state index in [4.69, 9.17) is 16.3 Å². The Morgan fingerprint density at radius 3 is 2.78 bits per heavy atom. The summed E-state index contributed by atoms with van der Waals surface area (Å²) in [7, 11) is 0. The number of aromatic nitrogens is 2. The predicted molar refractivity (Wildman–Crippen MR) is 95.0 cm³/mol. The lowest BCUT2D eigenvalue weighted by Crippen LogP contribution is -2.28. The first-order valence-electron chi connectivity index (χ1n) is 8.13. The van der Waals surface area contributed by atoms with Crippen LogP contribution in [-0.2, 0) is 22.3 Å². The summed E-state index contributed by atoms with van der Waals surface area (Å²) in [5, 5.41) is 6.23. The fraction of sp³-hybridized carbons (Fsp3) is 0.333. The standard InChI is InChI=1S/C15H15ClF3NO2.C3H4N2/c1-2-14(21)20-4-3-13(8-20)22-9-10-5-11(15(17,18)19)7-12(16)6-10;1-2-4-5-3-1/h2,5-7,13H,1,3-4,8-9H2;1-3H,(H,4,5). The third kappa shape index (κ3) is 6.73. The number of nitrogens with one attached hydrogen (secondary N) is 1. The van der Waals surface area contributed by atoms with Crippen molar-refractivity contribution >= 4 is 17.5 Å². The first-order chi connectivity index (χ1) is 12.8. The maximum atomic E-state index is 12.7. The van der Waals surface area contributed by atoms with Gasteiger partial charge in [-0.05, 0) is 42.3 Å². The summed E-state index contributed by atoms with van der Waals surface area (Å²) >= 11 is 5.72. The van der Waals surface area contributed by atoms with Crippen molar-refractivity contribution in [2.45, 2.75) is 25.3 Å². The van der Waals surface area contributed by atoms with Crippen LogP contribution < -0.4 is 0 Å². The van der Waals surface area contributed by atoms with Crippen LogP contribution in [-0.4, -0.2) is 40.2 Å². The van der Waals surface area contributed by atoms with Crippen LogP contribution in [0.1, 0.15) is 17.5 Å². The minimum atomic E-state index is -4.44. The first-order valence-corrected chi connectivity index (χ1v) is 8.50. The van der Waals surface area contributed by atoms with Gasteiger partial charge in [0.25, 0.3) is 0 Å². The number of nitrogens with zero attached hydrogens (tertiary/aromatic N) is 2. The summed E-state index contributed by atoms with van der Waals surface area (Å²) in [4.78, 5) is 13.0. The Bertz CT molecular complexity index is 734. The molecule has 0 spiro atoms. The number of carbonyl (C=O) groups excluding carboxylic acids is 1. The fourth-order valence-electron chi connectivity index (χ4n) is 2.52. The summed E-state index contributed by atoms with van der Waals surface area (Å²) in [6.45, 7) is 4.40. The summed E-state index contributed by atoms with van der Waals surface area (Å²) in [6.07, 6.45) is 0.693. The van der Waals surface area contributed by atoms with Crippen molar-refractivity contribution in [3.8, 4) is 0 Å². The molecule has 1 aromatic heterocycles. The number of alkyl halides is 3. The molecule has 1 N–H and O–H groups in total. The van der Waals surface area contributed by atoms with Gasteiger partial charge in [0, 0.05) is 30.5 Å². The lowest BCUT2D eigenvalue weighted by atomic mass is 10.1. The van der Waals surface area contributed by atoms with Gasteiger partial charge in [-0.3, -0.25) is 9.89 Å². The Kier molecular flexibility index (Phi) is 7.44. The van der Waals surface area contributed by atoms with Gasteiger partial charge < -0.3 is 9.64 Å². The van der Waals surface area contributed by atoms with E-state index in [1.807, 2.05) is 6.07 Å². The quantitative estimate of drug-likeness (QED) is 0.785. The van der Waals surface area contributed by atoms with E-state index >= 15 is 0 Å². The second kappa shape index (κ2) is 9.57. The number of aromatic amines is 1. The van der Waals surface area contributed by atoms with Crippen molar-refractivity contribution in [1.29, 1.82) is 0 Å². The Labute approximate surface area is 159 Å². The van der Waals surface area contributed by atoms with Gasteiger partial charge in [-0.2, -0.15) is 18.3 Å². The number of amides is 1. The second-order valence-electron chi connectivity index (χ2n) is 5.82. The highest BCUT2D eigenvalue weighted by molar-refractivity contribution is 6.30. The first kappa shape index (κ1) is 21.0. The molecule has 1 aliphatic rings. The van der Waals surface area contributed by atoms with Gasteiger partial charge in [0.1, 0.15) is 0 Å². The zero-order chi connectivity index (χ0) is 19.9. The monoisotopic (exact) mass is 401 g/mol. The molecule has 2 heterocycles. The minimum Gasteiger partial charge on any atom is -0.372 e. The number of hydrogen-bond donors (Lipinski definition) is 1. The highest BCUT2D eigenvalue weighted by Crippen LogP contribution is 2.32. The van der Waals surface area contributed by atoms with Gasteiger partial charge >= 0.3 is 6.18 Å². The van der Waals surface area contributed by atoms with Crippen molar-refractivity contribution in [1.82, 2.24) is 15.1 Å². The molecule has 1 saturated heterocycles. The van der Waals surface area contributed by atoms with Crippen LogP contribution in [0.3, 0.4) is 0 Å². The Morgan fingerprint density at radius 2 is 2.22 bits per heavy atom. The number of carbonyl (C=O) groups is 1. The Hall–Kier alpha value is -2.32. The molecule has 0 aliphatic carbocycles. The van der Waals surface area contributed by atoms with E-state index in [9.17, 15) is 18.0 Å². The van der Waals surface area contributed by atoms with Crippen molar-refractivity contribution < 1.29 is 22.7 Å². The van der Waals surface area contributed by atoms with Gasteiger partial charge in [0.15, 0.2) is 0 Å². The summed E-state index contributed by atoms with van der Waals surface area (Å²) in [6, 6.07) is 5.18. The number of rotatable bonds is 4. The largest absolute Gasteiger partial charge is 0.416 e. The SMILES string of the molecule is C=CC(=O)N1CCC(OCc2cc(Cl)cc(C(F)(F)F)c2)C1.c1cn[nH]c1. The Balaban J connectivity index is 0.000000451. The second-order valence-corrected chi connectivity index (χ2v) is 6.26. The number of benzene rings is 1. The average Bonchev–Trinajstić information content (AvgIpc) is 3.32. The number of likely N-dealkylation sites (tertiary alicyclic amines) is 1. The van der Waals surface area contributed by atoms with Gasteiger partial charge in [-0.25, -0.2) is 0 Å². The van der Waals surface area contributed by atoms with E-state index in [0.29, 0.717) is 25.1 Å². The number of ether oxygens (including phenoxy) is 1. The van der Waals surface area contributed by atoms with E-state index < -0.39 is 11.7 Å². The molecule has 3 rings (SSSR count). The zero-order valence-corrected chi connectivity index (χ0v) is 15.1. The molecule has 0 saturated carbocycles. The summed E-state index contributed by atoms with van der Waals surface area (Å²) < 4.78 is 43.7. The van der Waals surface area contributed by atoms with Crippen LogP contribution in [0, 0.1) is 0 Å². The van der Waals surface area contributed by atoms with E-state index in [1.165, 1.54) is 12.1 Å². The lowest BCUT2D eigenvalue weighted by Gasteiger charge is -2.15. The van der Waals surface area contributed by atoms with Crippen molar-refractivity contribution in [2.24, 2.45) is 0 Å². The molecule has 1 atom stereocenters. The van der Waals surface area contributed by atoms with Crippen LogP contribution in [0.25, 0.3) is 0 Å². The predicted octanol–water partition coefficient (Wildman–Crippen LogP) is 4.07. The van der Waals surface area contributed by atoms with Crippen molar-refractivity contribution in [3.63, 3.8) is 0 Å². The number of hydrogen-bond acceptors (Lipinski definition) is 3. The average molecular weight is 402 g/mol. The lowest BCUT2D eigenvalue weighted by molar-refractivity contribution is -0.137. The van der Waals surface area contributed by atoms with Crippen LogP contribution in [0.15, 0.2) is 49.3 Å². The minimum absolute atomic E-state index is 0.0170. The molecule has 2 aromatic rings. The van der Waals surface area contributed by atoms with Gasteiger partial charge in [0.05, 0.1) is 18.3 Å². The van der Waals surface area contributed by atoms with Crippen molar-refractivity contribution in [2.75, 3.05) is 13.1 Å². The molecule has 5 nitrogen and oxygen atoms in total. The van der Waals surface area contributed by atoms with E-state index in [0.717, 1.165) is 12.1 Å². The van der Waals surface area contributed by atoms with Crippen molar-refractivity contribution in [3.05, 3.63) is 65.5 Å². The molecule has 0 bridgehead atoms. The van der Waals surface area contributed by atoms with Crippen LogP contribution >= 0.6 is 11.6 Å². The van der Waals surface area contributed by atoms with Gasteiger partial charge in [-0.1, -0.05) is 18.2 Å². The molecule has 1 fully saturated rings. The Morgan fingerprint density at radius 1 is 1.44 bits per heavy atom. The van der Waals surface area contributed by atoms with E-state index in [-0.39, 0.29) is 23.6 Å². The molecule has 9 heteroatoms. The molecule has 0 radical (unpaired) electrons. The van der Waals surface area contributed by atoms with Gasteiger partial charge in [-0.15, -0.1) is 0 Å². The molecule has 1 amide bonds. The highest BCUT2D eigenvalue weighted by atomic mass is 35.5. The third-order valence-electron chi connectivity index (χ3n) is 3.81. The van der Waals surface area contributed by atoms with Gasteiger partial charge in [0.2, 0.25) is 5.91 Å².